The van der Waals surface area contributed by atoms with Gasteiger partial charge >= 0.3 is 6.18 Å². The van der Waals surface area contributed by atoms with Crippen LogP contribution in [0.1, 0.15) is 5.56 Å². The molecule has 0 aliphatic heterocycles. The first-order valence-corrected chi connectivity index (χ1v) is 8.81. The van der Waals surface area contributed by atoms with E-state index in [-0.39, 0.29) is 31.2 Å². The molecule has 3 rings (SSSR count). The summed E-state index contributed by atoms with van der Waals surface area (Å²) in [5, 5.41) is 13.8. The zero-order chi connectivity index (χ0) is 20.1. The highest BCUT2D eigenvalue weighted by Gasteiger charge is 2.34. The number of aliphatic hydroxyl groups is 1. The van der Waals surface area contributed by atoms with Gasteiger partial charge in [0.2, 0.25) is 5.91 Å². The standard InChI is InChI=1S/C17H15F3N4O3S/c18-17(19,20)11-8-10(27-7-6-25)4-5-12(11)21-9-15(26)22-13-2-1-3-14-16(13)24-28-23-14/h1-5,8,21,25H,6-7,9H2,(H,22,26). The molecule has 7 nitrogen and oxygen atoms in total. The number of aromatic nitrogens is 2. The fourth-order valence-corrected chi connectivity index (χ4v) is 2.99. The minimum absolute atomic E-state index is 0.0286. The predicted molar refractivity (Wildman–Crippen MR) is 98.6 cm³/mol. The van der Waals surface area contributed by atoms with E-state index in [1.807, 2.05) is 0 Å². The summed E-state index contributed by atoms with van der Waals surface area (Å²) in [6.45, 7) is -0.819. The summed E-state index contributed by atoms with van der Waals surface area (Å²) >= 11 is 0.996. The third kappa shape index (κ3) is 4.67. The van der Waals surface area contributed by atoms with Gasteiger partial charge in [-0.3, -0.25) is 4.79 Å². The van der Waals surface area contributed by atoms with Crippen molar-refractivity contribution in [3.05, 3.63) is 42.0 Å². The molecule has 0 aliphatic rings. The van der Waals surface area contributed by atoms with E-state index in [4.69, 9.17) is 9.84 Å². The van der Waals surface area contributed by atoms with Crippen LogP contribution in [0.3, 0.4) is 0 Å². The number of rotatable bonds is 7. The van der Waals surface area contributed by atoms with Crippen molar-refractivity contribution in [1.29, 1.82) is 0 Å². The summed E-state index contributed by atoms with van der Waals surface area (Å²) in [6.07, 6.45) is -4.64. The highest BCUT2D eigenvalue weighted by molar-refractivity contribution is 7.00. The first-order chi connectivity index (χ1) is 13.4. The van der Waals surface area contributed by atoms with Crippen LogP contribution in [0.25, 0.3) is 11.0 Å². The molecule has 3 aromatic rings. The van der Waals surface area contributed by atoms with Gasteiger partial charge < -0.3 is 20.5 Å². The van der Waals surface area contributed by atoms with E-state index in [1.165, 1.54) is 12.1 Å². The van der Waals surface area contributed by atoms with E-state index < -0.39 is 17.6 Å². The number of nitrogens with one attached hydrogen (secondary N) is 2. The number of fused-ring (bicyclic) bond motifs is 1. The number of aliphatic hydroxyl groups excluding tert-OH is 1. The van der Waals surface area contributed by atoms with Crippen LogP contribution in [0.2, 0.25) is 0 Å². The highest BCUT2D eigenvalue weighted by Crippen LogP contribution is 2.37. The van der Waals surface area contributed by atoms with Crippen LogP contribution in [0.5, 0.6) is 5.75 Å². The number of hydrogen-bond acceptors (Lipinski definition) is 7. The molecule has 0 bridgehead atoms. The molecule has 1 amide bonds. The predicted octanol–water partition coefficient (Wildman–Crippen LogP) is 3.13. The first kappa shape index (κ1) is 19.8. The average molecular weight is 412 g/mol. The fourth-order valence-electron chi connectivity index (χ4n) is 2.44. The van der Waals surface area contributed by atoms with Gasteiger partial charge in [0.05, 0.1) is 36.1 Å². The Labute approximate surface area is 161 Å². The summed E-state index contributed by atoms with van der Waals surface area (Å²) < 4.78 is 53.1. The van der Waals surface area contributed by atoms with Crippen molar-refractivity contribution in [1.82, 2.24) is 8.75 Å². The van der Waals surface area contributed by atoms with Crippen molar-refractivity contribution in [2.24, 2.45) is 0 Å². The molecule has 0 fully saturated rings. The van der Waals surface area contributed by atoms with Crippen molar-refractivity contribution in [2.75, 3.05) is 30.4 Å². The summed E-state index contributed by atoms with van der Waals surface area (Å²) in [6, 6.07) is 8.39. The third-order valence-corrected chi connectivity index (χ3v) is 4.20. The van der Waals surface area contributed by atoms with Gasteiger partial charge in [0.25, 0.3) is 0 Å². The van der Waals surface area contributed by atoms with Gasteiger partial charge in [-0.15, -0.1) is 0 Å². The lowest BCUT2D eigenvalue weighted by atomic mass is 10.1. The topological polar surface area (TPSA) is 96.4 Å². The first-order valence-electron chi connectivity index (χ1n) is 8.08. The lowest BCUT2D eigenvalue weighted by Crippen LogP contribution is -2.23. The van der Waals surface area contributed by atoms with Gasteiger partial charge in [-0.25, -0.2) is 0 Å². The molecule has 11 heteroatoms. The van der Waals surface area contributed by atoms with Crippen LogP contribution in [0.15, 0.2) is 36.4 Å². The lowest BCUT2D eigenvalue weighted by Gasteiger charge is -2.16. The van der Waals surface area contributed by atoms with Crippen molar-refractivity contribution < 1.29 is 27.8 Å². The Morgan fingerprint density at radius 2 is 2.00 bits per heavy atom. The number of nitrogens with zero attached hydrogens (tertiary/aromatic N) is 2. The van der Waals surface area contributed by atoms with Crippen LogP contribution in [0, 0.1) is 0 Å². The molecule has 1 heterocycles. The van der Waals surface area contributed by atoms with E-state index >= 15 is 0 Å². The maximum absolute atomic E-state index is 13.3. The lowest BCUT2D eigenvalue weighted by molar-refractivity contribution is -0.137. The molecular weight excluding hydrogens is 397 g/mol. The van der Waals surface area contributed by atoms with Gasteiger partial charge in [0, 0.05) is 5.69 Å². The van der Waals surface area contributed by atoms with Gasteiger partial charge in [-0.1, -0.05) is 6.07 Å². The van der Waals surface area contributed by atoms with Gasteiger partial charge in [0.1, 0.15) is 23.4 Å². The monoisotopic (exact) mass is 412 g/mol. The van der Waals surface area contributed by atoms with Crippen molar-refractivity contribution in [2.45, 2.75) is 6.18 Å². The highest BCUT2D eigenvalue weighted by atomic mass is 32.1. The second-order valence-corrected chi connectivity index (χ2v) is 6.14. The Bertz CT molecular complexity index is 978. The zero-order valence-corrected chi connectivity index (χ0v) is 15.1. The van der Waals surface area contributed by atoms with E-state index in [9.17, 15) is 18.0 Å². The fraction of sp³-hybridized carbons (Fsp3) is 0.235. The molecular formula is C17H15F3N4O3S. The number of alkyl halides is 3. The normalized spacial score (nSPS) is 11.4. The third-order valence-electron chi connectivity index (χ3n) is 3.66. The van der Waals surface area contributed by atoms with Gasteiger partial charge in [-0.2, -0.15) is 21.9 Å². The Morgan fingerprint density at radius 1 is 1.18 bits per heavy atom. The Hall–Kier alpha value is -2.92. The number of carbonyl (C=O) groups is 1. The number of amides is 1. The maximum atomic E-state index is 13.3. The van der Waals surface area contributed by atoms with E-state index in [2.05, 4.69) is 19.4 Å². The van der Waals surface area contributed by atoms with Crippen LogP contribution < -0.4 is 15.4 Å². The maximum Gasteiger partial charge on any atom is 0.418 e. The number of ether oxygens (including phenoxy) is 1. The quantitative estimate of drug-likeness (QED) is 0.552. The summed E-state index contributed by atoms with van der Waals surface area (Å²) in [4.78, 5) is 12.2. The minimum Gasteiger partial charge on any atom is -0.491 e. The number of carbonyl (C=O) groups excluding carboxylic acids is 1. The number of halogens is 3. The zero-order valence-electron chi connectivity index (χ0n) is 14.3. The molecule has 0 unspecified atom stereocenters. The Morgan fingerprint density at radius 3 is 2.75 bits per heavy atom. The number of anilines is 2. The van der Waals surface area contributed by atoms with Gasteiger partial charge in [0.15, 0.2) is 0 Å². The summed E-state index contributed by atoms with van der Waals surface area (Å²) in [5.41, 5.74) is 0.340. The summed E-state index contributed by atoms with van der Waals surface area (Å²) in [7, 11) is 0. The molecule has 148 valence electrons. The van der Waals surface area contributed by atoms with Crippen molar-refractivity contribution in [3.8, 4) is 5.75 Å². The summed E-state index contributed by atoms with van der Waals surface area (Å²) in [5.74, 6) is -0.562. The second-order valence-electron chi connectivity index (χ2n) is 5.62. The van der Waals surface area contributed by atoms with Crippen LogP contribution in [0.4, 0.5) is 24.5 Å². The Kier molecular flexibility index (Phi) is 5.95. The van der Waals surface area contributed by atoms with Gasteiger partial charge in [-0.05, 0) is 30.3 Å². The molecule has 1 aromatic heterocycles. The van der Waals surface area contributed by atoms with Crippen molar-refractivity contribution in [3.63, 3.8) is 0 Å². The molecule has 2 aromatic carbocycles. The van der Waals surface area contributed by atoms with Crippen LogP contribution in [-0.4, -0.2) is 39.5 Å². The molecule has 0 radical (unpaired) electrons. The second kappa shape index (κ2) is 8.40. The number of hydrogen-bond donors (Lipinski definition) is 3. The molecule has 28 heavy (non-hydrogen) atoms. The molecule has 0 saturated heterocycles. The average Bonchev–Trinajstić information content (AvgIpc) is 3.14. The van der Waals surface area contributed by atoms with Crippen LogP contribution >= 0.6 is 11.7 Å². The number of benzene rings is 2. The minimum atomic E-state index is -4.64. The van der Waals surface area contributed by atoms with E-state index in [0.29, 0.717) is 16.7 Å². The Balaban J connectivity index is 1.71. The molecule has 3 N–H and O–H groups in total. The SMILES string of the molecule is O=C(CNc1ccc(OCCO)cc1C(F)(F)F)Nc1cccc2nsnc12. The smallest absolute Gasteiger partial charge is 0.418 e. The van der Waals surface area contributed by atoms with Crippen LogP contribution in [-0.2, 0) is 11.0 Å². The van der Waals surface area contributed by atoms with E-state index in [1.54, 1.807) is 18.2 Å². The molecule has 0 saturated carbocycles. The molecule has 0 atom stereocenters. The molecule has 0 spiro atoms. The van der Waals surface area contributed by atoms with E-state index in [0.717, 1.165) is 17.8 Å². The van der Waals surface area contributed by atoms with Crippen molar-refractivity contribution >= 4 is 40.0 Å². The largest absolute Gasteiger partial charge is 0.491 e. The molecule has 0 aliphatic carbocycles.